The Balaban J connectivity index is 1.86. The average Bonchev–Trinajstić information content (AvgIpc) is 3.20. The summed E-state index contributed by atoms with van der Waals surface area (Å²) >= 11 is 20.5. The molecule has 0 atom stereocenters. The van der Waals surface area contributed by atoms with Gasteiger partial charge in [0.25, 0.3) is 5.91 Å². The molecule has 1 amide bonds. The summed E-state index contributed by atoms with van der Waals surface area (Å²) < 4.78 is 26.8. The third-order valence-electron chi connectivity index (χ3n) is 3.61. The molecule has 3 rings (SSSR count). The van der Waals surface area contributed by atoms with Crippen LogP contribution >= 0.6 is 57.5 Å². The zero-order valence-electron chi connectivity index (χ0n) is 14.4. The molecule has 3 aromatic rings. The Hall–Kier alpha value is -1.20. The third kappa shape index (κ3) is 4.35. The number of thiazole rings is 1. The monoisotopic (exact) mass is 495 g/mol. The van der Waals surface area contributed by atoms with Crippen LogP contribution in [0.15, 0.2) is 34.5 Å². The molecule has 0 aliphatic rings. The lowest BCUT2D eigenvalue weighted by Gasteiger charge is -2.13. The molecule has 0 saturated heterocycles. The van der Waals surface area contributed by atoms with Gasteiger partial charge in [-0.1, -0.05) is 34.8 Å². The van der Waals surface area contributed by atoms with E-state index in [1.54, 1.807) is 11.4 Å². The van der Waals surface area contributed by atoms with Crippen molar-refractivity contribution in [1.82, 2.24) is 9.29 Å². The summed E-state index contributed by atoms with van der Waals surface area (Å²) in [5.74, 6) is -0.512. The number of carbonyl (C=O) groups is 1. The maximum atomic E-state index is 12.6. The molecule has 0 saturated carbocycles. The van der Waals surface area contributed by atoms with Crippen molar-refractivity contribution in [3.05, 3.63) is 48.9 Å². The van der Waals surface area contributed by atoms with Crippen molar-refractivity contribution in [3.63, 3.8) is 0 Å². The molecule has 2 heterocycles. The molecule has 1 N–H and O–H groups in total. The average molecular weight is 497 g/mol. The molecular formula is C16H12Cl3N3O3S3. The van der Waals surface area contributed by atoms with E-state index in [0.717, 1.165) is 4.31 Å². The van der Waals surface area contributed by atoms with Crippen LogP contribution in [0.2, 0.25) is 13.7 Å². The number of aromatic nitrogens is 1. The largest absolute Gasteiger partial charge is 0.298 e. The Morgan fingerprint density at radius 3 is 2.50 bits per heavy atom. The first-order chi connectivity index (χ1) is 13.1. The smallest absolute Gasteiger partial charge is 0.257 e. The van der Waals surface area contributed by atoms with Gasteiger partial charge in [-0.3, -0.25) is 10.1 Å². The van der Waals surface area contributed by atoms with Crippen molar-refractivity contribution in [2.75, 3.05) is 19.4 Å². The zero-order chi connectivity index (χ0) is 20.6. The highest BCUT2D eigenvalue weighted by Gasteiger charge is 2.23. The Morgan fingerprint density at radius 2 is 1.89 bits per heavy atom. The molecule has 0 aliphatic heterocycles. The van der Waals surface area contributed by atoms with Gasteiger partial charge in [-0.15, -0.1) is 22.7 Å². The second-order valence-corrected chi connectivity index (χ2v) is 11.3. The van der Waals surface area contributed by atoms with Gasteiger partial charge in [-0.25, -0.2) is 17.7 Å². The maximum Gasteiger partial charge on any atom is 0.257 e. The van der Waals surface area contributed by atoms with Crippen molar-refractivity contribution in [1.29, 1.82) is 0 Å². The standard InChI is InChI=1S/C16H12Cl3N3O3S3/c1-22(2)28(24,25)12-5-8(3-4-10(12)17)15(23)21-16-20-11(7-26-16)9-6-13(18)27-14(9)19/h3-7H,1-2H3,(H,20,21,23). The van der Waals surface area contributed by atoms with Crippen LogP contribution in [-0.4, -0.2) is 37.7 Å². The lowest BCUT2D eigenvalue weighted by Crippen LogP contribution is -2.23. The molecule has 2 aromatic heterocycles. The molecule has 0 aliphatic carbocycles. The van der Waals surface area contributed by atoms with Gasteiger partial charge in [0.1, 0.15) is 9.23 Å². The first-order valence-electron chi connectivity index (χ1n) is 7.53. The first kappa shape index (κ1) is 21.5. The minimum Gasteiger partial charge on any atom is -0.298 e. The molecule has 0 fully saturated rings. The second kappa shape index (κ2) is 8.27. The molecule has 0 radical (unpaired) electrons. The van der Waals surface area contributed by atoms with Gasteiger partial charge >= 0.3 is 0 Å². The number of anilines is 1. The summed E-state index contributed by atoms with van der Waals surface area (Å²) in [4.78, 5) is 16.7. The van der Waals surface area contributed by atoms with E-state index in [4.69, 9.17) is 34.8 Å². The van der Waals surface area contributed by atoms with Crippen molar-refractivity contribution >= 4 is 78.5 Å². The fraction of sp³-hybridized carbons (Fsp3) is 0.125. The lowest BCUT2D eigenvalue weighted by molar-refractivity contribution is 0.102. The fourth-order valence-electron chi connectivity index (χ4n) is 2.18. The van der Waals surface area contributed by atoms with E-state index in [1.165, 1.54) is 55.0 Å². The van der Waals surface area contributed by atoms with E-state index in [1.807, 2.05) is 0 Å². The van der Waals surface area contributed by atoms with E-state index in [-0.39, 0.29) is 15.5 Å². The van der Waals surface area contributed by atoms with E-state index in [2.05, 4.69) is 10.3 Å². The zero-order valence-corrected chi connectivity index (χ0v) is 19.1. The minimum absolute atomic E-state index is 0.0331. The Labute approximate surface area is 184 Å². The quantitative estimate of drug-likeness (QED) is 0.517. The summed E-state index contributed by atoms with van der Waals surface area (Å²) in [7, 11) is -1.02. The molecule has 148 valence electrons. The highest BCUT2D eigenvalue weighted by molar-refractivity contribution is 7.89. The van der Waals surface area contributed by atoms with E-state index in [9.17, 15) is 13.2 Å². The minimum atomic E-state index is -3.79. The number of halogens is 3. The van der Waals surface area contributed by atoms with Crippen LogP contribution in [0.3, 0.4) is 0 Å². The van der Waals surface area contributed by atoms with Gasteiger partial charge in [-0.05, 0) is 24.3 Å². The van der Waals surface area contributed by atoms with Gasteiger partial charge in [0, 0.05) is 30.6 Å². The number of nitrogens with zero attached hydrogens (tertiary/aromatic N) is 2. The summed E-state index contributed by atoms with van der Waals surface area (Å²) in [6.07, 6.45) is 0. The number of benzene rings is 1. The van der Waals surface area contributed by atoms with E-state index in [0.29, 0.717) is 25.1 Å². The number of rotatable bonds is 5. The first-order valence-corrected chi connectivity index (χ1v) is 11.8. The summed E-state index contributed by atoms with van der Waals surface area (Å²) in [5.41, 5.74) is 1.40. The van der Waals surface area contributed by atoms with Crippen LogP contribution in [0, 0.1) is 0 Å². The molecule has 0 bridgehead atoms. The van der Waals surface area contributed by atoms with Gasteiger partial charge in [0.2, 0.25) is 10.0 Å². The van der Waals surface area contributed by atoms with Gasteiger partial charge in [0.05, 0.1) is 15.1 Å². The molecule has 0 unspecified atom stereocenters. The Morgan fingerprint density at radius 1 is 1.18 bits per heavy atom. The predicted molar refractivity (Wildman–Crippen MR) is 116 cm³/mol. The van der Waals surface area contributed by atoms with Crippen LogP contribution < -0.4 is 5.32 Å². The van der Waals surface area contributed by atoms with E-state index < -0.39 is 15.9 Å². The summed E-state index contributed by atoms with van der Waals surface area (Å²) in [5, 5.41) is 4.76. The van der Waals surface area contributed by atoms with Crippen molar-refractivity contribution in [2.24, 2.45) is 0 Å². The highest BCUT2D eigenvalue weighted by Crippen LogP contribution is 2.39. The number of sulfonamides is 1. The summed E-state index contributed by atoms with van der Waals surface area (Å²) in [6.45, 7) is 0. The van der Waals surface area contributed by atoms with Crippen molar-refractivity contribution in [2.45, 2.75) is 4.90 Å². The number of nitrogens with one attached hydrogen (secondary N) is 1. The normalized spacial score (nSPS) is 11.8. The van der Waals surface area contributed by atoms with E-state index >= 15 is 0 Å². The van der Waals surface area contributed by atoms with Crippen LogP contribution in [-0.2, 0) is 10.0 Å². The number of hydrogen-bond acceptors (Lipinski definition) is 6. The fourth-order valence-corrected chi connectivity index (χ4v) is 5.76. The topological polar surface area (TPSA) is 79.4 Å². The van der Waals surface area contributed by atoms with Gasteiger partial charge in [0.15, 0.2) is 5.13 Å². The summed E-state index contributed by atoms with van der Waals surface area (Å²) in [6, 6.07) is 5.74. The predicted octanol–water partition coefficient (Wildman–Crippen LogP) is 5.33. The number of amides is 1. The van der Waals surface area contributed by atoms with Gasteiger partial charge < -0.3 is 0 Å². The lowest BCUT2D eigenvalue weighted by atomic mass is 10.2. The Bertz CT molecular complexity index is 1160. The molecule has 1 aromatic carbocycles. The van der Waals surface area contributed by atoms with Gasteiger partial charge in [-0.2, -0.15) is 0 Å². The van der Waals surface area contributed by atoms with Crippen molar-refractivity contribution < 1.29 is 13.2 Å². The van der Waals surface area contributed by atoms with Crippen LogP contribution in [0.25, 0.3) is 11.3 Å². The molecule has 28 heavy (non-hydrogen) atoms. The maximum absolute atomic E-state index is 12.6. The Kier molecular flexibility index (Phi) is 6.35. The number of thiophene rings is 1. The van der Waals surface area contributed by atoms with Crippen LogP contribution in [0.1, 0.15) is 10.4 Å². The molecule has 6 nitrogen and oxygen atoms in total. The molecule has 12 heteroatoms. The van der Waals surface area contributed by atoms with Crippen LogP contribution in [0.5, 0.6) is 0 Å². The van der Waals surface area contributed by atoms with Crippen LogP contribution in [0.4, 0.5) is 5.13 Å². The van der Waals surface area contributed by atoms with Crippen molar-refractivity contribution in [3.8, 4) is 11.3 Å². The third-order valence-corrected chi connectivity index (χ3v) is 8.15. The number of hydrogen-bond donors (Lipinski definition) is 1. The second-order valence-electron chi connectivity index (χ2n) is 5.66. The molecular weight excluding hydrogens is 485 g/mol. The molecule has 0 spiro atoms. The highest BCUT2D eigenvalue weighted by atomic mass is 35.5. The SMILES string of the molecule is CN(C)S(=O)(=O)c1cc(C(=O)Nc2nc(-c3cc(Cl)sc3Cl)cs2)ccc1Cl. The number of carbonyl (C=O) groups excluding carboxylic acids is 1.